The van der Waals surface area contributed by atoms with Gasteiger partial charge in [-0.15, -0.1) is 11.3 Å². The molecule has 1 aliphatic carbocycles. The van der Waals surface area contributed by atoms with E-state index in [0.717, 1.165) is 19.3 Å². The molecular formula is C16H22FNO3S. The number of rotatable bonds is 4. The van der Waals surface area contributed by atoms with Crippen LogP contribution in [0.4, 0.5) is 4.39 Å². The first kappa shape index (κ1) is 16.9. The van der Waals surface area contributed by atoms with Crippen LogP contribution in [0.2, 0.25) is 0 Å². The maximum Gasteiger partial charge on any atom is 0.328 e. The van der Waals surface area contributed by atoms with E-state index in [1.54, 1.807) is 0 Å². The number of halogens is 1. The van der Waals surface area contributed by atoms with Gasteiger partial charge in [-0.05, 0) is 42.2 Å². The van der Waals surface area contributed by atoms with Crippen LogP contribution in [0, 0.1) is 11.3 Å². The van der Waals surface area contributed by atoms with Gasteiger partial charge < -0.3 is 10.4 Å². The Morgan fingerprint density at radius 3 is 2.73 bits per heavy atom. The predicted octanol–water partition coefficient (Wildman–Crippen LogP) is 3.05. The van der Waals surface area contributed by atoms with Gasteiger partial charge in [0.05, 0.1) is 4.88 Å². The molecule has 1 aromatic rings. The van der Waals surface area contributed by atoms with Crippen LogP contribution in [0.15, 0.2) is 6.07 Å². The Kier molecular flexibility index (Phi) is 4.90. The smallest absolute Gasteiger partial charge is 0.328 e. The largest absolute Gasteiger partial charge is 0.480 e. The summed E-state index contributed by atoms with van der Waals surface area (Å²) in [6.45, 7) is 5.56. The monoisotopic (exact) mass is 327 g/mol. The third-order valence-electron chi connectivity index (χ3n) is 4.29. The van der Waals surface area contributed by atoms with E-state index < -0.39 is 24.6 Å². The van der Waals surface area contributed by atoms with Crippen LogP contribution in [0.25, 0.3) is 0 Å². The van der Waals surface area contributed by atoms with Crippen molar-refractivity contribution in [1.29, 1.82) is 0 Å². The average Bonchev–Trinajstić information content (AvgIpc) is 2.86. The molecule has 0 fully saturated rings. The molecule has 0 saturated carbocycles. The molecule has 0 saturated heterocycles. The number of alkyl halides is 1. The molecule has 0 spiro atoms. The van der Waals surface area contributed by atoms with Crippen LogP contribution in [-0.2, 0) is 17.6 Å². The fourth-order valence-electron chi connectivity index (χ4n) is 2.77. The first-order chi connectivity index (χ1) is 10.2. The van der Waals surface area contributed by atoms with Crippen molar-refractivity contribution in [2.75, 3.05) is 6.67 Å². The van der Waals surface area contributed by atoms with E-state index in [1.165, 1.54) is 21.8 Å². The maximum absolute atomic E-state index is 12.6. The van der Waals surface area contributed by atoms with E-state index in [9.17, 15) is 14.0 Å². The van der Waals surface area contributed by atoms with Gasteiger partial charge in [-0.2, -0.15) is 0 Å². The molecule has 22 heavy (non-hydrogen) atoms. The highest BCUT2D eigenvalue weighted by molar-refractivity contribution is 7.14. The summed E-state index contributed by atoms with van der Waals surface area (Å²) in [5, 5.41) is 11.0. The van der Waals surface area contributed by atoms with E-state index in [-0.39, 0.29) is 5.41 Å². The van der Waals surface area contributed by atoms with Crippen LogP contribution in [0.3, 0.4) is 0 Å². The summed E-state index contributed by atoms with van der Waals surface area (Å²) in [5.41, 5.74) is 1.40. The lowest BCUT2D eigenvalue weighted by atomic mass is 9.72. The third-order valence-corrected chi connectivity index (χ3v) is 5.52. The molecule has 2 unspecified atom stereocenters. The Bertz CT molecular complexity index is 576. The van der Waals surface area contributed by atoms with Crippen LogP contribution in [-0.4, -0.2) is 29.7 Å². The zero-order valence-corrected chi connectivity index (χ0v) is 13.9. The second-order valence-electron chi connectivity index (χ2n) is 6.88. The highest BCUT2D eigenvalue weighted by atomic mass is 32.1. The molecule has 1 aliphatic rings. The Morgan fingerprint density at radius 1 is 1.50 bits per heavy atom. The summed E-state index contributed by atoms with van der Waals surface area (Å²) in [6.07, 6.45) is 2.98. The second kappa shape index (κ2) is 6.36. The molecule has 2 atom stereocenters. The minimum absolute atomic E-state index is 0.227. The molecule has 0 aromatic carbocycles. The van der Waals surface area contributed by atoms with Gasteiger partial charge in [-0.3, -0.25) is 4.79 Å². The highest BCUT2D eigenvalue weighted by Gasteiger charge is 2.31. The number of carbonyl (C=O) groups excluding carboxylic acids is 1. The standard InChI is InChI=1S/C16H22FNO3S/c1-16(2,3)10-4-5-12-9(6-10)7-13(22-12)14(19)18-11(8-17)15(20)21/h7,10-11H,4-6,8H2,1-3H3,(H,18,19)(H,20,21). The van der Waals surface area contributed by atoms with Gasteiger partial charge in [0, 0.05) is 4.88 Å². The van der Waals surface area contributed by atoms with E-state index in [4.69, 9.17) is 5.11 Å². The van der Waals surface area contributed by atoms with Crippen molar-refractivity contribution < 1.29 is 19.1 Å². The van der Waals surface area contributed by atoms with Crippen LogP contribution >= 0.6 is 11.3 Å². The summed E-state index contributed by atoms with van der Waals surface area (Å²) < 4.78 is 12.6. The minimum Gasteiger partial charge on any atom is -0.480 e. The maximum atomic E-state index is 12.6. The number of nitrogens with one attached hydrogen (secondary N) is 1. The number of aliphatic carboxylic acids is 1. The number of thiophene rings is 1. The van der Waals surface area contributed by atoms with Gasteiger partial charge in [-0.25, -0.2) is 9.18 Å². The summed E-state index contributed by atoms with van der Waals surface area (Å²) in [4.78, 5) is 24.5. The zero-order valence-electron chi connectivity index (χ0n) is 13.1. The first-order valence-electron chi connectivity index (χ1n) is 7.43. The van der Waals surface area contributed by atoms with Crippen molar-refractivity contribution in [3.63, 3.8) is 0 Å². The SMILES string of the molecule is CC(C)(C)C1CCc2sc(C(=O)NC(CF)C(=O)O)cc2C1. The quantitative estimate of drug-likeness (QED) is 0.893. The van der Waals surface area contributed by atoms with Crippen molar-refractivity contribution in [1.82, 2.24) is 5.32 Å². The number of fused-ring (bicyclic) bond motifs is 1. The number of hydrogen-bond acceptors (Lipinski definition) is 3. The molecule has 1 heterocycles. The topological polar surface area (TPSA) is 66.4 Å². The minimum atomic E-state index is -1.48. The van der Waals surface area contributed by atoms with Crippen LogP contribution < -0.4 is 5.32 Å². The van der Waals surface area contributed by atoms with Gasteiger partial charge in [0.15, 0.2) is 6.04 Å². The lowest BCUT2D eigenvalue weighted by Gasteiger charge is -2.33. The second-order valence-corrected chi connectivity index (χ2v) is 8.02. The molecule has 0 radical (unpaired) electrons. The van der Waals surface area contributed by atoms with Crippen LogP contribution in [0.1, 0.15) is 47.3 Å². The molecule has 0 aliphatic heterocycles. The Morgan fingerprint density at radius 2 is 2.18 bits per heavy atom. The Balaban J connectivity index is 2.11. The Hall–Kier alpha value is -1.43. The Labute approximate surface area is 133 Å². The summed E-state index contributed by atoms with van der Waals surface area (Å²) >= 11 is 1.39. The zero-order chi connectivity index (χ0) is 16.5. The van der Waals surface area contributed by atoms with E-state index >= 15 is 0 Å². The normalized spacial score (nSPS) is 19.4. The molecule has 0 bridgehead atoms. The number of hydrogen-bond donors (Lipinski definition) is 2. The number of carboxylic acid groups (broad SMARTS) is 1. The van der Waals surface area contributed by atoms with E-state index in [1.807, 2.05) is 6.07 Å². The lowest BCUT2D eigenvalue weighted by Crippen LogP contribution is -2.42. The van der Waals surface area contributed by atoms with E-state index in [0.29, 0.717) is 10.8 Å². The van der Waals surface area contributed by atoms with Crippen molar-refractivity contribution >= 4 is 23.2 Å². The number of carboxylic acids is 1. The van der Waals surface area contributed by atoms with Gasteiger partial charge >= 0.3 is 5.97 Å². The molecule has 1 amide bonds. The molecule has 6 heteroatoms. The molecule has 2 rings (SSSR count). The van der Waals surface area contributed by atoms with Crippen molar-refractivity contribution in [2.24, 2.45) is 11.3 Å². The molecular weight excluding hydrogens is 305 g/mol. The highest BCUT2D eigenvalue weighted by Crippen LogP contribution is 2.40. The van der Waals surface area contributed by atoms with Gasteiger partial charge in [0.25, 0.3) is 5.91 Å². The third kappa shape index (κ3) is 3.66. The average molecular weight is 327 g/mol. The first-order valence-corrected chi connectivity index (χ1v) is 8.25. The van der Waals surface area contributed by atoms with Crippen LogP contribution in [0.5, 0.6) is 0 Å². The summed E-state index contributed by atoms with van der Waals surface area (Å²) in [6, 6.07) is 0.360. The molecule has 4 nitrogen and oxygen atoms in total. The predicted molar refractivity (Wildman–Crippen MR) is 84.2 cm³/mol. The molecule has 122 valence electrons. The molecule has 2 N–H and O–H groups in total. The summed E-state index contributed by atoms with van der Waals surface area (Å²) in [7, 11) is 0. The van der Waals surface area contributed by atoms with Crippen molar-refractivity contribution in [2.45, 2.75) is 46.1 Å². The lowest BCUT2D eigenvalue weighted by molar-refractivity contribution is -0.139. The number of amides is 1. The van der Waals surface area contributed by atoms with Gasteiger partial charge in [0.1, 0.15) is 6.67 Å². The fourth-order valence-corrected chi connectivity index (χ4v) is 3.88. The van der Waals surface area contributed by atoms with Gasteiger partial charge in [-0.1, -0.05) is 20.8 Å². The van der Waals surface area contributed by atoms with E-state index in [2.05, 4.69) is 26.1 Å². The van der Waals surface area contributed by atoms with Gasteiger partial charge in [0.2, 0.25) is 0 Å². The molecule has 1 aromatic heterocycles. The number of carbonyl (C=O) groups is 2. The van der Waals surface area contributed by atoms with Crippen molar-refractivity contribution in [3.05, 3.63) is 21.4 Å². The summed E-state index contributed by atoms with van der Waals surface area (Å²) in [5.74, 6) is -1.29. The number of aryl methyl sites for hydroxylation is 1. The fraction of sp³-hybridized carbons (Fsp3) is 0.625. The van der Waals surface area contributed by atoms with Crippen molar-refractivity contribution in [3.8, 4) is 0 Å².